The van der Waals surface area contributed by atoms with Crippen LogP contribution in [-0.2, 0) is 48.6 Å². The summed E-state index contributed by atoms with van der Waals surface area (Å²) in [5, 5.41) is 0. The van der Waals surface area contributed by atoms with Crippen LogP contribution in [0.5, 0.6) is 5.75 Å². The van der Waals surface area contributed by atoms with Crippen molar-refractivity contribution in [2.45, 2.75) is 32.3 Å². The summed E-state index contributed by atoms with van der Waals surface area (Å²) in [6, 6.07) is 7.72. The maximum absolute atomic E-state index is 7.50. The van der Waals surface area contributed by atoms with Gasteiger partial charge < -0.3 is 0 Å². The van der Waals surface area contributed by atoms with Gasteiger partial charge in [-0.15, -0.1) is 0 Å². The monoisotopic (exact) mass is 492 g/mol. The number of hydrogen-bond acceptors (Lipinski definition) is 3. The summed E-state index contributed by atoms with van der Waals surface area (Å²) in [6.07, 6.45) is 4.40. The topological polar surface area (TPSA) is 127 Å². The van der Waals surface area contributed by atoms with Crippen LogP contribution in [0.3, 0.4) is 0 Å². The van der Waals surface area contributed by atoms with Gasteiger partial charge in [0.25, 0.3) is 0 Å². The van der Waals surface area contributed by atoms with Crippen molar-refractivity contribution in [2.24, 2.45) is 0 Å². The van der Waals surface area contributed by atoms with E-state index in [0.29, 0.717) is 24.2 Å². The van der Waals surface area contributed by atoms with Crippen molar-refractivity contribution in [3.05, 3.63) is 75.7 Å². The molecule has 33 heavy (non-hydrogen) atoms. The van der Waals surface area contributed by atoms with E-state index < -0.39 is 0 Å². The zero-order chi connectivity index (χ0) is 26.9. The van der Waals surface area contributed by atoms with Crippen LogP contribution < -0.4 is 4.74 Å². The Labute approximate surface area is 203 Å². The third-order valence-electron chi connectivity index (χ3n) is 3.02. The molecule has 0 aromatic heterocycles. The van der Waals surface area contributed by atoms with Crippen LogP contribution in [0.1, 0.15) is 31.7 Å². The Morgan fingerprint density at radius 1 is 1.03 bits per heavy atom. The maximum atomic E-state index is 7.50. The first-order chi connectivity index (χ1) is 16.2. The molecule has 0 aliphatic heterocycles. The Morgan fingerprint density at radius 2 is 1.58 bits per heavy atom. The molecule has 1 aromatic carbocycles. The first-order valence-electron chi connectivity index (χ1n) is 8.76. The predicted molar refractivity (Wildman–Crippen MR) is 110 cm³/mol. The minimum absolute atomic E-state index is 0.0425. The number of ether oxygens (including phenoxy) is 3. The molecule has 0 heterocycles. The summed E-state index contributed by atoms with van der Waals surface area (Å²) in [6.45, 7) is 29.2. The Bertz CT molecular complexity index is 732. The van der Waals surface area contributed by atoms with E-state index in [1.807, 2.05) is 24.3 Å². The van der Waals surface area contributed by atoms with Gasteiger partial charge in [-0.3, -0.25) is 0 Å². The third-order valence-corrected chi connectivity index (χ3v) is 3.55. The van der Waals surface area contributed by atoms with Gasteiger partial charge in [-0.2, -0.15) is 0 Å². The van der Waals surface area contributed by atoms with Crippen LogP contribution >= 0.6 is 0 Å². The van der Waals surface area contributed by atoms with Crippen LogP contribution in [-0.4, -0.2) is 31.0 Å². The number of rotatable bonds is 10. The van der Waals surface area contributed by atoms with Crippen LogP contribution in [0, 0.1) is 45.1 Å². The van der Waals surface area contributed by atoms with E-state index in [9.17, 15) is 0 Å². The molecule has 0 aliphatic rings. The molecule has 1 aromatic rings. The molecule has 0 aliphatic carbocycles. The molecule has 0 spiro atoms. The summed E-state index contributed by atoms with van der Waals surface area (Å²) in [7, 11) is 1.65. The fourth-order valence-electron chi connectivity index (χ4n) is 1.92. The molecular formula is C24H24CrO8. The van der Waals surface area contributed by atoms with Crippen molar-refractivity contribution in [3.63, 3.8) is 0 Å². The quantitative estimate of drug-likeness (QED) is 0.163. The molecule has 0 fully saturated rings. The van der Waals surface area contributed by atoms with Crippen LogP contribution in [0.2, 0.25) is 0 Å². The van der Waals surface area contributed by atoms with Gasteiger partial charge in [0.1, 0.15) is 0 Å². The second kappa shape index (κ2) is 39.8. The molecule has 0 N–H and O–H groups in total. The Morgan fingerprint density at radius 3 is 2.06 bits per heavy atom. The average Bonchev–Trinajstić information content (AvgIpc) is 2.92. The Balaban J connectivity index is -0.000000230. The molecule has 0 radical (unpaired) electrons. The minimum atomic E-state index is -0.0425. The van der Waals surface area contributed by atoms with Gasteiger partial charge in [-0.05, 0) is 0 Å². The average molecular weight is 492 g/mol. The molecule has 9 heteroatoms. The van der Waals surface area contributed by atoms with Gasteiger partial charge in [-0.1, -0.05) is 0 Å². The van der Waals surface area contributed by atoms with Crippen molar-refractivity contribution in [1.29, 1.82) is 0 Å². The first kappa shape index (κ1) is 40.7. The van der Waals surface area contributed by atoms with E-state index in [1.54, 1.807) is 13.2 Å². The molecule has 0 saturated carbocycles. The predicted octanol–water partition coefficient (Wildman–Crippen LogP) is 3.31. The molecule has 1 rings (SSSR count). The molecule has 1 unspecified atom stereocenters. The molecule has 0 amide bonds. The molecule has 0 saturated heterocycles. The summed E-state index contributed by atoms with van der Waals surface area (Å²) >= 11 is 2.94. The van der Waals surface area contributed by atoms with E-state index >= 15 is 0 Å². The third kappa shape index (κ3) is 25.5. The SMILES string of the molecule is C=CCC#CC(CCC)OCCO[C](=[Cr])c1ccccc1OC.[C-]#[O+].[C-]#[O+].[C-]#[O+].[C-]#[O+].[C-]#[O+]. The van der Waals surface area contributed by atoms with Gasteiger partial charge in [-0.25, -0.2) is 0 Å². The zero-order valence-corrected chi connectivity index (χ0v) is 19.7. The van der Waals surface area contributed by atoms with Crippen molar-refractivity contribution >= 4 is 4.57 Å². The van der Waals surface area contributed by atoms with Gasteiger partial charge in [0.2, 0.25) is 0 Å². The Hall–Kier alpha value is -2.66. The van der Waals surface area contributed by atoms with E-state index in [-0.39, 0.29) is 6.10 Å². The second-order valence-electron chi connectivity index (χ2n) is 4.80. The van der Waals surface area contributed by atoms with Gasteiger partial charge in [0.05, 0.1) is 0 Å². The number of para-hydroxylation sites is 1. The Kier molecular flexibility index (Phi) is 49.0. The van der Waals surface area contributed by atoms with E-state index in [2.05, 4.69) is 74.4 Å². The molecule has 174 valence electrons. The van der Waals surface area contributed by atoms with Crippen molar-refractivity contribution in [1.82, 2.24) is 0 Å². The standard InChI is InChI=1S/C19H24O3.5CO.Cr/c1-4-6-7-12-18(10-5-2)22-15-14-21-16-17-11-8-9-13-19(17)20-3;5*1-2;/h4,8-9,11,13,18H,1,5-6,10,14-15H2,2-3H3;;;;;;. The molecule has 1 atom stereocenters. The first-order valence-corrected chi connectivity index (χ1v) is 9.39. The normalized spacial score (nSPS) is 8.12. The van der Waals surface area contributed by atoms with Crippen LogP contribution in [0.25, 0.3) is 0 Å². The van der Waals surface area contributed by atoms with Gasteiger partial charge >= 0.3 is 204 Å². The van der Waals surface area contributed by atoms with Crippen molar-refractivity contribution in [2.75, 3.05) is 20.3 Å². The zero-order valence-electron chi connectivity index (χ0n) is 18.4. The number of benzene rings is 1. The molecular weight excluding hydrogens is 468 g/mol. The van der Waals surface area contributed by atoms with Crippen LogP contribution in [0.15, 0.2) is 36.9 Å². The number of hydrogen-bond donors (Lipinski definition) is 0. The number of allylic oxidation sites excluding steroid dienone is 1. The summed E-state index contributed by atoms with van der Waals surface area (Å²) < 4.78 is 55.0. The van der Waals surface area contributed by atoms with Crippen molar-refractivity contribution in [3.8, 4) is 17.6 Å². The molecule has 0 bridgehead atoms. The van der Waals surface area contributed by atoms with Gasteiger partial charge in [0.15, 0.2) is 0 Å². The van der Waals surface area contributed by atoms with Crippen molar-refractivity contribution < 1.29 is 53.3 Å². The van der Waals surface area contributed by atoms with E-state index in [1.165, 1.54) is 0 Å². The number of methoxy groups -OCH3 is 1. The fourth-order valence-corrected chi connectivity index (χ4v) is 2.31. The summed E-state index contributed by atoms with van der Waals surface area (Å²) in [4.78, 5) is 0. The van der Waals surface area contributed by atoms with Gasteiger partial charge in [0, 0.05) is 0 Å². The van der Waals surface area contributed by atoms with Crippen LogP contribution in [0.4, 0.5) is 0 Å². The molecule has 8 nitrogen and oxygen atoms in total. The summed E-state index contributed by atoms with van der Waals surface area (Å²) in [5.41, 5.74) is 0.908. The van der Waals surface area contributed by atoms with E-state index in [0.717, 1.165) is 24.2 Å². The fraction of sp³-hybridized carbons (Fsp3) is 0.333. The summed E-state index contributed by atoms with van der Waals surface area (Å²) in [5.74, 6) is 6.95. The van der Waals surface area contributed by atoms with E-state index in [4.69, 9.17) is 37.5 Å². The second-order valence-corrected chi connectivity index (χ2v) is 5.38.